The third-order valence-corrected chi connectivity index (χ3v) is 4.11. The molecule has 0 radical (unpaired) electrons. The summed E-state index contributed by atoms with van der Waals surface area (Å²) < 4.78 is 5.06. The fourth-order valence-corrected chi connectivity index (χ4v) is 2.28. The van der Waals surface area contributed by atoms with E-state index in [4.69, 9.17) is 4.74 Å². The Balaban J connectivity index is 2.11. The molecular weight excluding hydrogens is 292 g/mol. The lowest BCUT2D eigenvalue weighted by molar-refractivity contribution is 0.0468. The number of hydrogen-bond donors (Lipinski definition) is 0. The van der Waals surface area contributed by atoms with Gasteiger partial charge in [0.05, 0.1) is 11.9 Å². The maximum atomic E-state index is 12.4. The van der Waals surface area contributed by atoms with Crippen LogP contribution in [0.4, 0.5) is 0 Å². The van der Waals surface area contributed by atoms with Crippen molar-refractivity contribution >= 4 is 11.8 Å². The average molecular weight is 312 g/mol. The van der Waals surface area contributed by atoms with Crippen molar-refractivity contribution in [1.29, 1.82) is 0 Å². The van der Waals surface area contributed by atoms with Gasteiger partial charge in [-0.2, -0.15) is 0 Å². The zero-order valence-electron chi connectivity index (χ0n) is 14.1. The van der Waals surface area contributed by atoms with E-state index in [1.807, 2.05) is 33.8 Å². The van der Waals surface area contributed by atoms with E-state index >= 15 is 0 Å². The van der Waals surface area contributed by atoms with Crippen LogP contribution in [0.2, 0.25) is 0 Å². The van der Waals surface area contributed by atoms with Gasteiger partial charge in [-0.05, 0) is 62.9 Å². The van der Waals surface area contributed by atoms with Gasteiger partial charge in [0.2, 0.25) is 5.78 Å². The van der Waals surface area contributed by atoms with E-state index in [1.54, 1.807) is 6.92 Å². The first kappa shape index (κ1) is 16.8. The molecule has 0 spiro atoms. The molecule has 0 amide bonds. The van der Waals surface area contributed by atoms with Crippen LogP contribution in [-0.2, 0) is 4.74 Å². The maximum absolute atomic E-state index is 12.4. The molecule has 1 aromatic heterocycles. The number of rotatable bonds is 4. The van der Waals surface area contributed by atoms with Crippen LogP contribution >= 0.6 is 0 Å². The Morgan fingerprint density at radius 2 is 1.65 bits per heavy atom. The molecule has 2 aromatic rings. The predicted octanol–water partition coefficient (Wildman–Crippen LogP) is 3.06. The molecule has 0 aliphatic carbocycles. The summed E-state index contributed by atoms with van der Waals surface area (Å²) in [5, 5.41) is 0. The van der Waals surface area contributed by atoms with E-state index in [0.717, 1.165) is 16.7 Å². The molecule has 0 aliphatic rings. The lowest BCUT2D eigenvalue weighted by Gasteiger charge is -2.13. The van der Waals surface area contributed by atoms with Crippen molar-refractivity contribution < 1.29 is 14.3 Å². The highest BCUT2D eigenvalue weighted by atomic mass is 16.5. The standard InChI is InChI=1S/C18H20N2O3/c1-10-6-15(14(5)13(4)12(10)3)17(21)9-23-18(22)16-8-19-11(2)7-20-16/h6-8H,9H2,1-5H3. The minimum Gasteiger partial charge on any atom is -0.453 e. The number of carbonyl (C=O) groups excluding carboxylic acids is 2. The quantitative estimate of drug-likeness (QED) is 0.641. The summed E-state index contributed by atoms with van der Waals surface area (Å²) in [6, 6.07) is 1.85. The Morgan fingerprint density at radius 1 is 0.957 bits per heavy atom. The van der Waals surface area contributed by atoms with Gasteiger partial charge in [0.25, 0.3) is 0 Å². The highest BCUT2D eigenvalue weighted by Crippen LogP contribution is 2.21. The van der Waals surface area contributed by atoms with Crippen molar-refractivity contribution in [2.75, 3.05) is 6.61 Å². The summed E-state index contributed by atoms with van der Waals surface area (Å²) in [7, 11) is 0. The Labute approximate surface area is 135 Å². The number of carbonyl (C=O) groups is 2. The molecule has 2 rings (SSSR count). The summed E-state index contributed by atoms with van der Waals surface area (Å²) in [6.07, 6.45) is 2.82. The van der Waals surface area contributed by atoms with Crippen molar-refractivity contribution in [2.24, 2.45) is 0 Å². The van der Waals surface area contributed by atoms with Crippen molar-refractivity contribution in [3.63, 3.8) is 0 Å². The monoisotopic (exact) mass is 312 g/mol. The Kier molecular flexibility index (Phi) is 4.89. The lowest BCUT2D eigenvalue weighted by atomic mass is 9.93. The van der Waals surface area contributed by atoms with Crippen LogP contribution in [0.1, 0.15) is 48.8 Å². The first-order chi connectivity index (χ1) is 10.8. The number of hydrogen-bond acceptors (Lipinski definition) is 5. The maximum Gasteiger partial charge on any atom is 0.358 e. The van der Waals surface area contributed by atoms with Gasteiger partial charge in [0.1, 0.15) is 0 Å². The van der Waals surface area contributed by atoms with Gasteiger partial charge in [-0.3, -0.25) is 9.78 Å². The van der Waals surface area contributed by atoms with Crippen molar-refractivity contribution in [3.8, 4) is 0 Å². The molecule has 5 heteroatoms. The summed E-state index contributed by atoms with van der Waals surface area (Å²) >= 11 is 0. The number of aryl methyl sites for hydroxylation is 2. The van der Waals surface area contributed by atoms with Crippen LogP contribution in [0.3, 0.4) is 0 Å². The van der Waals surface area contributed by atoms with Gasteiger partial charge in [0, 0.05) is 11.8 Å². The normalized spacial score (nSPS) is 10.5. The summed E-state index contributed by atoms with van der Waals surface area (Å²) in [5.74, 6) is -0.869. The number of Topliss-reactive ketones (excluding diaryl/α,β-unsaturated/α-hetero) is 1. The van der Waals surface area contributed by atoms with Crippen molar-refractivity contribution in [2.45, 2.75) is 34.6 Å². The van der Waals surface area contributed by atoms with Gasteiger partial charge in [-0.1, -0.05) is 0 Å². The van der Waals surface area contributed by atoms with E-state index in [-0.39, 0.29) is 18.1 Å². The number of ketones is 1. The van der Waals surface area contributed by atoms with Gasteiger partial charge in [-0.25, -0.2) is 9.78 Å². The molecule has 0 N–H and O–H groups in total. The zero-order valence-corrected chi connectivity index (χ0v) is 14.1. The number of esters is 1. The first-order valence-corrected chi connectivity index (χ1v) is 7.37. The fraction of sp³-hybridized carbons (Fsp3) is 0.333. The molecule has 23 heavy (non-hydrogen) atoms. The summed E-state index contributed by atoms with van der Waals surface area (Å²) in [4.78, 5) is 32.2. The van der Waals surface area contributed by atoms with Gasteiger partial charge >= 0.3 is 5.97 Å². The molecule has 0 aliphatic heterocycles. The number of aromatic nitrogens is 2. The van der Waals surface area contributed by atoms with Crippen LogP contribution in [0, 0.1) is 34.6 Å². The van der Waals surface area contributed by atoms with Crippen LogP contribution < -0.4 is 0 Å². The number of ether oxygens (including phenoxy) is 1. The SMILES string of the molecule is Cc1cnc(C(=O)OCC(=O)c2cc(C)c(C)c(C)c2C)cn1. The second-order valence-corrected chi connectivity index (χ2v) is 5.66. The van der Waals surface area contributed by atoms with Crippen molar-refractivity contribution in [3.05, 3.63) is 57.7 Å². The molecule has 0 saturated carbocycles. The lowest BCUT2D eigenvalue weighted by Crippen LogP contribution is -2.17. The van der Waals surface area contributed by atoms with Crippen LogP contribution in [0.25, 0.3) is 0 Å². The second-order valence-electron chi connectivity index (χ2n) is 5.66. The van der Waals surface area contributed by atoms with E-state index in [0.29, 0.717) is 11.3 Å². The smallest absolute Gasteiger partial charge is 0.358 e. The minimum absolute atomic E-state index is 0.0939. The van der Waals surface area contributed by atoms with Crippen LogP contribution in [0.15, 0.2) is 18.5 Å². The summed E-state index contributed by atoms with van der Waals surface area (Å²) in [5.41, 5.74) is 5.62. The molecule has 0 atom stereocenters. The minimum atomic E-state index is -0.649. The molecule has 0 saturated heterocycles. The third kappa shape index (κ3) is 3.62. The fourth-order valence-electron chi connectivity index (χ4n) is 2.28. The second kappa shape index (κ2) is 6.69. The predicted molar refractivity (Wildman–Crippen MR) is 86.8 cm³/mol. The molecule has 120 valence electrons. The van der Waals surface area contributed by atoms with Gasteiger partial charge < -0.3 is 4.74 Å². The van der Waals surface area contributed by atoms with E-state index < -0.39 is 5.97 Å². The molecule has 1 aromatic carbocycles. The molecule has 0 fully saturated rings. The average Bonchev–Trinajstić information content (AvgIpc) is 2.54. The number of nitrogens with zero attached hydrogens (tertiary/aromatic N) is 2. The molecule has 5 nitrogen and oxygen atoms in total. The van der Waals surface area contributed by atoms with E-state index in [1.165, 1.54) is 18.0 Å². The van der Waals surface area contributed by atoms with E-state index in [2.05, 4.69) is 9.97 Å². The highest BCUT2D eigenvalue weighted by molar-refractivity contribution is 6.00. The summed E-state index contributed by atoms with van der Waals surface area (Å²) in [6.45, 7) is 9.35. The van der Waals surface area contributed by atoms with Gasteiger partial charge in [-0.15, -0.1) is 0 Å². The Morgan fingerprint density at radius 3 is 2.26 bits per heavy atom. The highest BCUT2D eigenvalue weighted by Gasteiger charge is 2.17. The topological polar surface area (TPSA) is 69.2 Å². The number of benzene rings is 1. The first-order valence-electron chi connectivity index (χ1n) is 7.37. The van der Waals surface area contributed by atoms with Crippen LogP contribution in [0.5, 0.6) is 0 Å². The Bertz CT molecular complexity index is 765. The molecule has 1 heterocycles. The third-order valence-electron chi connectivity index (χ3n) is 4.11. The largest absolute Gasteiger partial charge is 0.453 e. The van der Waals surface area contributed by atoms with Crippen molar-refractivity contribution in [1.82, 2.24) is 9.97 Å². The van der Waals surface area contributed by atoms with E-state index in [9.17, 15) is 9.59 Å². The van der Waals surface area contributed by atoms with Gasteiger partial charge in [0.15, 0.2) is 12.3 Å². The van der Waals surface area contributed by atoms with Crippen LogP contribution in [-0.4, -0.2) is 28.3 Å². The molecule has 0 unspecified atom stereocenters. The zero-order chi connectivity index (χ0) is 17.1. The molecule has 0 bridgehead atoms. The molecular formula is C18H20N2O3. The Hall–Kier alpha value is -2.56.